The Labute approximate surface area is 129 Å². The molecule has 124 valence electrons. The number of unbranched alkanes of at least 4 members (excludes halogenated alkanes) is 3. The van der Waals surface area contributed by atoms with Crippen molar-refractivity contribution < 1.29 is 14.6 Å². The van der Waals surface area contributed by atoms with Gasteiger partial charge in [-0.25, -0.2) is 4.79 Å². The molecule has 0 atom stereocenters. The van der Waals surface area contributed by atoms with Crippen molar-refractivity contribution in [2.45, 2.75) is 70.9 Å². The molecular weight excluding hydrogens is 268 g/mol. The first kappa shape index (κ1) is 18.2. The van der Waals surface area contributed by atoms with Gasteiger partial charge in [-0.1, -0.05) is 12.8 Å². The molecule has 0 radical (unpaired) electrons. The lowest BCUT2D eigenvalue weighted by molar-refractivity contribution is 0.0198. The number of amides is 1. The summed E-state index contributed by atoms with van der Waals surface area (Å²) >= 11 is 0. The van der Waals surface area contributed by atoms with Crippen LogP contribution in [0.3, 0.4) is 0 Å². The number of ether oxygens (including phenoxy) is 1. The number of likely N-dealkylation sites (tertiary alicyclic amines) is 1. The maximum atomic E-state index is 11.9. The lowest BCUT2D eigenvalue weighted by Gasteiger charge is -2.33. The van der Waals surface area contributed by atoms with Gasteiger partial charge in [-0.05, 0) is 53.0 Å². The van der Waals surface area contributed by atoms with Gasteiger partial charge in [0.25, 0.3) is 0 Å². The third-order valence-electron chi connectivity index (χ3n) is 3.66. The highest BCUT2D eigenvalue weighted by molar-refractivity contribution is 5.68. The van der Waals surface area contributed by atoms with Crippen LogP contribution >= 0.6 is 0 Å². The van der Waals surface area contributed by atoms with Crippen LogP contribution in [-0.2, 0) is 4.74 Å². The first-order valence-corrected chi connectivity index (χ1v) is 8.24. The molecule has 0 aromatic rings. The average molecular weight is 300 g/mol. The minimum atomic E-state index is -0.416. The number of carbonyl (C=O) groups is 1. The van der Waals surface area contributed by atoms with E-state index < -0.39 is 5.60 Å². The molecule has 1 rings (SSSR count). The van der Waals surface area contributed by atoms with Crippen molar-refractivity contribution >= 4 is 6.09 Å². The van der Waals surface area contributed by atoms with E-state index in [4.69, 9.17) is 9.84 Å². The number of nitrogens with one attached hydrogen (secondary N) is 1. The fourth-order valence-corrected chi connectivity index (χ4v) is 2.49. The minimum absolute atomic E-state index is 0.190. The normalized spacial score (nSPS) is 17.0. The number of rotatable bonds is 7. The molecule has 21 heavy (non-hydrogen) atoms. The SMILES string of the molecule is CC(C)(C)OC(=O)N1CCC(NCCCCCCO)CC1. The van der Waals surface area contributed by atoms with Crippen molar-refractivity contribution in [3.05, 3.63) is 0 Å². The quantitative estimate of drug-likeness (QED) is 0.709. The molecule has 0 aromatic carbocycles. The molecule has 1 amide bonds. The Morgan fingerprint density at radius 3 is 2.38 bits per heavy atom. The van der Waals surface area contributed by atoms with Gasteiger partial charge in [0.15, 0.2) is 0 Å². The van der Waals surface area contributed by atoms with E-state index in [0.717, 1.165) is 51.7 Å². The number of carbonyl (C=O) groups excluding carboxylic acids is 1. The smallest absolute Gasteiger partial charge is 0.410 e. The Balaban J connectivity index is 2.10. The summed E-state index contributed by atoms with van der Waals surface area (Å²) in [5.74, 6) is 0. The molecule has 0 aliphatic carbocycles. The highest BCUT2D eigenvalue weighted by Gasteiger charge is 2.26. The molecule has 5 nitrogen and oxygen atoms in total. The number of aliphatic hydroxyl groups excluding tert-OH is 1. The number of hydrogen-bond donors (Lipinski definition) is 2. The van der Waals surface area contributed by atoms with E-state index in [-0.39, 0.29) is 6.09 Å². The van der Waals surface area contributed by atoms with Crippen molar-refractivity contribution in [3.63, 3.8) is 0 Å². The number of aliphatic hydroxyl groups is 1. The fraction of sp³-hybridized carbons (Fsp3) is 0.938. The Bertz CT molecular complexity index is 294. The van der Waals surface area contributed by atoms with E-state index in [0.29, 0.717) is 12.6 Å². The van der Waals surface area contributed by atoms with Gasteiger partial charge < -0.3 is 20.1 Å². The molecule has 0 aromatic heterocycles. The van der Waals surface area contributed by atoms with Crippen molar-refractivity contribution in [2.24, 2.45) is 0 Å². The maximum Gasteiger partial charge on any atom is 0.410 e. The summed E-state index contributed by atoms with van der Waals surface area (Å²) in [7, 11) is 0. The lowest BCUT2D eigenvalue weighted by atomic mass is 10.1. The zero-order valence-corrected chi connectivity index (χ0v) is 13.9. The van der Waals surface area contributed by atoms with E-state index in [1.165, 1.54) is 6.42 Å². The van der Waals surface area contributed by atoms with Gasteiger partial charge in [0.2, 0.25) is 0 Å². The van der Waals surface area contributed by atoms with Crippen LogP contribution in [0.4, 0.5) is 4.79 Å². The summed E-state index contributed by atoms with van der Waals surface area (Å²) in [6.45, 7) is 8.58. The van der Waals surface area contributed by atoms with Crippen LogP contribution in [0.2, 0.25) is 0 Å². The van der Waals surface area contributed by atoms with Crippen molar-refractivity contribution in [3.8, 4) is 0 Å². The maximum absolute atomic E-state index is 11.9. The molecule has 1 heterocycles. The Hall–Kier alpha value is -0.810. The van der Waals surface area contributed by atoms with Crippen LogP contribution in [0.1, 0.15) is 59.3 Å². The first-order chi connectivity index (χ1) is 9.92. The van der Waals surface area contributed by atoms with Gasteiger partial charge in [0.05, 0.1) is 0 Å². The molecule has 0 bridgehead atoms. The van der Waals surface area contributed by atoms with E-state index in [2.05, 4.69) is 5.32 Å². The molecule has 1 aliphatic heterocycles. The zero-order chi connectivity index (χ0) is 15.7. The summed E-state index contributed by atoms with van der Waals surface area (Å²) in [6, 6.07) is 0.515. The molecule has 1 aliphatic rings. The van der Waals surface area contributed by atoms with Gasteiger partial charge in [-0.2, -0.15) is 0 Å². The summed E-state index contributed by atoms with van der Waals surface area (Å²) in [5.41, 5.74) is -0.416. The van der Waals surface area contributed by atoms with Crippen LogP contribution in [0.25, 0.3) is 0 Å². The molecular formula is C16H32N2O3. The molecule has 1 fully saturated rings. The van der Waals surface area contributed by atoms with E-state index in [1.807, 2.05) is 25.7 Å². The predicted octanol–water partition coefficient (Wildman–Crippen LogP) is 2.53. The number of nitrogens with zero attached hydrogens (tertiary/aromatic N) is 1. The number of piperidine rings is 1. The number of hydrogen-bond acceptors (Lipinski definition) is 4. The second kappa shape index (κ2) is 9.26. The molecule has 5 heteroatoms. The minimum Gasteiger partial charge on any atom is -0.444 e. The van der Waals surface area contributed by atoms with Crippen LogP contribution in [0, 0.1) is 0 Å². The molecule has 1 saturated heterocycles. The van der Waals surface area contributed by atoms with Gasteiger partial charge in [-0.3, -0.25) is 0 Å². The largest absolute Gasteiger partial charge is 0.444 e. The summed E-state index contributed by atoms with van der Waals surface area (Å²) in [6.07, 6.45) is 6.15. The van der Waals surface area contributed by atoms with Crippen LogP contribution in [0.15, 0.2) is 0 Å². The highest BCUT2D eigenvalue weighted by Crippen LogP contribution is 2.15. The highest BCUT2D eigenvalue weighted by atomic mass is 16.6. The lowest BCUT2D eigenvalue weighted by Crippen LogP contribution is -2.46. The topological polar surface area (TPSA) is 61.8 Å². The van der Waals surface area contributed by atoms with E-state index >= 15 is 0 Å². The van der Waals surface area contributed by atoms with Gasteiger partial charge in [0.1, 0.15) is 5.60 Å². The van der Waals surface area contributed by atoms with Crippen molar-refractivity contribution in [1.29, 1.82) is 0 Å². The standard InChI is InChI=1S/C16H32N2O3/c1-16(2,3)21-15(20)18-11-8-14(9-12-18)17-10-6-4-5-7-13-19/h14,17,19H,4-13H2,1-3H3. The van der Waals surface area contributed by atoms with Gasteiger partial charge in [-0.15, -0.1) is 0 Å². The van der Waals surface area contributed by atoms with Crippen LogP contribution < -0.4 is 5.32 Å². The average Bonchev–Trinajstić information content (AvgIpc) is 2.41. The van der Waals surface area contributed by atoms with Gasteiger partial charge >= 0.3 is 6.09 Å². The predicted molar refractivity (Wildman–Crippen MR) is 84.4 cm³/mol. The van der Waals surface area contributed by atoms with Crippen LogP contribution in [0.5, 0.6) is 0 Å². The third-order valence-corrected chi connectivity index (χ3v) is 3.66. The van der Waals surface area contributed by atoms with E-state index in [9.17, 15) is 4.79 Å². The molecule has 0 unspecified atom stereocenters. The van der Waals surface area contributed by atoms with Crippen molar-refractivity contribution in [1.82, 2.24) is 10.2 Å². The first-order valence-electron chi connectivity index (χ1n) is 8.24. The second-order valence-corrected chi connectivity index (χ2v) is 6.83. The summed E-state index contributed by atoms with van der Waals surface area (Å²) in [4.78, 5) is 13.8. The molecule has 0 spiro atoms. The Morgan fingerprint density at radius 1 is 1.19 bits per heavy atom. The molecule has 2 N–H and O–H groups in total. The Morgan fingerprint density at radius 2 is 1.81 bits per heavy atom. The van der Waals surface area contributed by atoms with Gasteiger partial charge in [0, 0.05) is 25.7 Å². The van der Waals surface area contributed by atoms with Crippen LogP contribution in [-0.4, -0.2) is 54.0 Å². The fourth-order valence-electron chi connectivity index (χ4n) is 2.49. The van der Waals surface area contributed by atoms with E-state index in [1.54, 1.807) is 0 Å². The zero-order valence-electron chi connectivity index (χ0n) is 13.9. The second-order valence-electron chi connectivity index (χ2n) is 6.83. The third kappa shape index (κ3) is 8.27. The molecule has 0 saturated carbocycles. The Kier molecular flexibility index (Phi) is 8.04. The monoisotopic (exact) mass is 300 g/mol. The summed E-state index contributed by atoms with van der Waals surface area (Å²) in [5, 5.41) is 12.3. The summed E-state index contributed by atoms with van der Waals surface area (Å²) < 4.78 is 5.39. The van der Waals surface area contributed by atoms with Crippen molar-refractivity contribution in [2.75, 3.05) is 26.2 Å².